The lowest BCUT2D eigenvalue weighted by atomic mass is 9.79. The van der Waals surface area contributed by atoms with Crippen LogP contribution in [-0.4, -0.2) is 22.2 Å². The zero-order valence-corrected chi connectivity index (χ0v) is 26.1. The van der Waals surface area contributed by atoms with Crippen LogP contribution in [0, 0.1) is 39.5 Å². The second-order valence-electron chi connectivity index (χ2n) is 13.6. The number of hydrogen-bond donors (Lipinski definition) is 2. The summed E-state index contributed by atoms with van der Waals surface area (Å²) in [6, 6.07) is 3.92. The Bertz CT molecular complexity index is 1180. The largest absolute Gasteiger partial charge is 0.507 e. The Balaban J connectivity index is 1.72. The lowest BCUT2D eigenvalue weighted by Crippen LogP contribution is -2.35. The number of phenolic OH excluding ortho intramolecular Hbond substituents is 2. The summed E-state index contributed by atoms with van der Waals surface area (Å²) in [5.74, 6) is -1.48. The molecule has 220 valence electrons. The van der Waals surface area contributed by atoms with Crippen molar-refractivity contribution in [2.45, 2.75) is 119 Å². The van der Waals surface area contributed by atoms with E-state index in [0.29, 0.717) is 24.0 Å². The Hall–Kier alpha value is -3.02. The Morgan fingerprint density at radius 1 is 0.700 bits per heavy atom. The van der Waals surface area contributed by atoms with Gasteiger partial charge in [-0.15, -0.1) is 0 Å². The number of esters is 2. The van der Waals surface area contributed by atoms with Gasteiger partial charge in [0.2, 0.25) is 0 Å². The van der Waals surface area contributed by atoms with Crippen molar-refractivity contribution in [3.63, 3.8) is 0 Å². The zero-order chi connectivity index (χ0) is 30.2. The van der Waals surface area contributed by atoms with Crippen molar-refractivity contribution in [1.29, 1.82) is 0 Å². The van der Waals surface area contributed by atoms with Gasteiger partial charge in [-0.25, -0.2) is 0 Å². The van der Waals surface area contributed by atoms with Crippen molar-refractivity contribution < 1.29 is 29.3 Å². The van der Waals surface area contributed by atoms with Gasteiger partial charge in [-0.05, 0) is 95.9 Å². The van der Waals surface area contributed by atoms with E-state index in [1.165, 1.54) is 0 Å². The Morgan fingerprint density at radius 2 is 1.02 bits per heavy atom. The zero-order valence-electron chi connectivity index (χ0n) is 26.1. The van der Waals surface area contributed by atoms with Crippen molar-refractivity contribution >= 4 is 11.9 Å². The Labute approximate surface area is 240 Å². The summed E-state index contributed by atoms with van der Waals surface area (Å²) in [5, 5.41) is 21.6. The molecule has 1 aliphatic carbocycles. The van der Waals surface area contributed by atoms with Gasteiger partial charge >= 0.3 is 11.9 Å². The maximum Gasteiger partial charge on any atom is 0.310 e. The van der Waals surface area contributed by atoms with E-state index in [4.69, 9.17) is 9.47 Å². The molecule has 0 spiro atoms. The molecule has 6 heteroatoms. The summed E-state index contributed by atoms with van der Waals surface area (Å²) in [5.41, 5.74) is 6.21. The minimum absolute atomic E-state index is 0.0462. The second-order valence-corrected chi connectivity index (χ2v) is 13.6. The maximum atomic E-state index is 13.3. The standard InChI is InChI=1S/C34H48O6/c1-19-15-27(33(5,6)7)29(35)21(3)25(19)17-39-31(37)23-13-11-12-14-24(23)32(38)40-18-26-20(2)16-28(34(8,9)10)30(36)22(26)4/h15-16,23-24,35-36H,11-14,17-18H2,1-10H3. The first-order valence-electron chi connectivity index (χ1n) is 14.4. The van der Waals surface area contributed by atoms with Crippen LogP contribution in [0.25, 0.3) is 0 Å². The first-order valence-corrected chi connectivity index (χ1v) is 14.4. The summed E-state index contributed by atoms with van der Waals surface area (Å²) < 4.78 is 11.5. The molecule has 0 bridgehead atoms. The normalized spacial score (nSPS) is 17.9. The Kier molecular flexibility index (Phi) is 9.33. The molecule has 2 atom stereocenters. The number of rotatable bonds is 6. The number of carbonyl (C=O) groups is 2. The first-order chi connectivity index (χ1) is 18.4. The van der Waals surface area contributed by atoms with Gasteiger partial charge < -0.3 is 19.7 Å². The monoisotopic (exact) mass is 552 g/mol. The molecule has 2 aromatic rings. The number of phenols is 2. The van der Waals surface area contributed by atoms with E-state index in [9.17, 15) is 19.8 Å². The van der Waals surface area contributed by atoms with E-state index in [1.807, 2.05) is 39.8 Å². The van der Waals surface area contributed by atoms with Crippen LogP contribution in [-0.2, 0) is 43.1 Å². The van der Waals surface area contributed by atoms with Gasteiger partial charge in [0.15, 0.2) is 0 Å². The van der Waals surface area contributed by atoms with E-state index in [-0.39, 0.29) is 35.5 Å². The summed E-state index contributed by atoms with van der Waals surface area (Å²) in [6.07, 6.45) is 2.85. The van der Waals surface area contributed by atoms with Crippen LogP contribution in [0.3, 0.4) is 0 Å². The van der Waals surface area contributed by atoms with Crippen LogP contribution < -0.4 is 0 Å². The van der Waals surface area contributed by atoms with E-state index < -0.39 is 23.8 Å². The SMILES string of the molecule is Cc1cc(C(C)(C)C)c(O)c(C)c1COC(=O)C1CCCCC1C(=O)OCc1c(C)cc(C(C)(C)C)c(O)c1C. The minimum atomic E-state index is -0.567. The summed E-state index contributed by atoms with van der Waals surface area (Å²) in [4.78, 5) is 26.5. The van der Waals surface area contributed by atoms with Crippen molar-refractivity contribution in [2.24, 2.45) is 11.8 Å². The number of aryl methyl sites for hydroxylation is 2. The van der Waals surface area contributed by atoms with Crippen molar-refractivity contribution in [1.82, 2.24) is 0 Å². The number of benzene rings is 2. The lowest BCUT2D eigenvalue weighted by molar-refractivity contribution is -0.164. The molecule has 0 amide bonds. The molecular weight excluding hydrogens is 504 g/mol. The third-order valence-corrected chi connectivity index (χ3v) is 8.50. The van der Waals surface area contributed by atoms with E-state index in [0.717, 1.165) is 46.2 Å². The summed E-state index contributed by atoms with van der Waals surface area (Å²) in [6.45, 7) is 20.0. The molecule has 40 heavy (non-hydrogen) atoms. The van der Waals surface area contributed by atoms with Gasteiger partial charge in [-0.3, -0.25) is 9.59 Å². The molecule has 6 nitrogen and oxygen atoms in total. The molecule has 2 aromatic carbocycles. The van der Waals surface area contributed by atoms with Gasteiger partial charge in [-0.2, -0.15) is 0 Å². The number of carbonyl (C=O) groups excluding carboxylic acids is 2. The highest BCUT2D eigenvalue weighted by atomic mass is 16.5. The predicted molar refractivity (Wildman–Crippen MR) is 158 cm³/mol. The molecule has 0 aliphatic heterocycles. The van der Waals surface area contributed by atoms with Gasteiger partial charge in [0.05, 0.1) is 11.8 Å². The number of hydrogen-bond acceptors (Lipinski definition) is 6. The van der Waals surface area contributed by atoms with Crippen molar-refractivity contribution in [3.05, 3.63) is 56.6 Å². The smallest absolute Gasteiger partial charge is 0.310 e. The Morgan fingerprint density at radius 3 is 1.32 bits per heavy atom. The van der Waals surface area contributed by atoms with Crippen molar-refractivity contribution in [2.75, 3.05) is 0 Å². The summed E-state index contributed by atoms with van der Waals surface area (Å²) in [7, 11) is 0. The molecule has 2 unspecified atom stereocenters. The van der Waals surface area contributed by atoms with Crippen LogP contribution in [0.5, 0.6) is 11.5 Å². The van der Waals surface area contributed by atoms with Gasteiger partial charge in [0, 0.05) is 0 Å². The molecule has 3 rings (SSSR count). The molecule has 0 saturated heterocycles. The fourth-order valence-electron chi connectivity index (χ4n) is 5.81. The number of ether oxygens (including phenoxy) is 2. The molecule has 0 aromatic heterocycles. The molecular formula is C34H48O6. The molecule has 2 N–H and O–H groups in total. The quantitative estimate of drug-likeness (QED) is 0.360. The average molecular weight is 553 g/mol. The highest BCUT2D eigenvalue weighted by Crippen LogP contribution is 2.39. The van der Waals surface area contributed by atoms with Gasteiger partial charge in [0.1, 0.15) is 24.7 Å². The minimum Gasteiger partial charge on any atom is -0.507 e. The van der Waals surface area contributed by atoms with E-state index in [2.05, 4.69) is 41.5 Å². The third kappa shape index (κ3) is 6.64. The van der Waals surface area contributed by atoms with Gasteiger partial charge in [-0.1, -0.05) is 66.5 Å². The highest BCUT2D eigenvalue weighted by Gasteiger charge is 2.38. The molecule has 1 aliphatic rings. The first kappa shape index (κ1) is 31.5. The average Bonchev–Trinajstić information content (AvgIpc) is 2.86. The molecule has 0 radical (unpaired) electrons. The second kappa shape index (κ2) is 11.8. The predicted octanol–water partition coefficient (Wildman–Crippen LogP) is 7.52. The highest BCUT2D eigenvalue weighted by molar-refractivity contribution is 5.82. The van der Waals surface area contributed by atoms with E-state index >= 15 is 0 Å². The molecule has 1 fully saturated rings. The van der Waals surface area contributed by atoms with Crippen LogP contribution >= 0.6 is 0 Å². The van der Waals surface area contributed by atoms with Crippen molar-refractivity contribution in [3.8, 4) is 11.5 Å². The molecule has 0 heterocycles. The van der Waals surface area contributed by atoms with Crippen LogP contribution in [0.2, 0.25) is 0 Å². The lowest BCUT2D eigenvalue weighted by Gasteiger charge is -2.29. The van der Waals surface area contributed by atoms with Crippen LogP contribution in [0.15, 0.2) is 12.1 Å². The summed E-state index contributed by atoms with van der Waals surface area (Å²) >= 11 is 0. The van der Waals surface area contributed by atoms with Crippen LogP contribution in [0.4, 0.5) is 0 Å². The topological polar surface area (TPSA) is 93.1 Å². The maximum absolute atomic E-state index is 13.3. The fourth-order valence-corrected chi connectivity index (χ4v) is 5.81. The van der Waals surface area contributed by atoms with E-state index in [1.54, 1.807) is 0 Å². The fraction of sp³-hybridized carbons (Fsp3) is 0.588. The third-order valence-electron chi connectivity index (χ3n) is 8.50. The van der Waals surface area contributed by atoms with Gasteiger partial charge in [0.25, 0.3) is 0 Å². The molecule has 1 saturated carbocycles. The van der Waals surface area contributed by atoms with Crippen LogP contribution in [0.1, 0.15) is 112 Å². The number of aromatic hydroxyl groups is 2.